The summed E-state index contributed by atoms with van der Waals surface area (Å²) in [6.45, 7) is 0. The molecule has 0 aliphatic heterocycles. The van der Waals surface area contributed by atoms with E-state index in [0.717, 1.165) is 5.56 Å². The van der Waals surface area contributed by atoms with Gasteiger partial charge in [-0.05, 0) is 35.9 Å². The minimum absolute atomic E-state index is 0.0396. The maximum atomic E-state index is 10.7. The lowest BCUT2D eigenvalue weighted by molar-refractivity contribution is 0.0660. The molecule has 0 bridgehead atoms. The average molecular weight is 331 g/mol. The molecule has 24 heavy (non-hydrogen) atoms. The zero-order chi connectivity index (χ0) is 17.5. The Bertz CT molecular complexity index is 775. The molecular formula is C17H17NO6. The second-order valence-electron chi connectivity index (χ2n) is 4.93. The predicted octanol–water partition coefficient (Wildman–Crippen LogP) is 3.17. The highest BCUT2D eigenvalue weighted by molar-refractivity contribution is 5.98. The standard InChI is InChI=1S/C17H17NO6/c1-23-16-10-11(3-8-14(16)19)2-4-12(18-22)5-6-13-7-9-15(24-13)17(20)21/h2-4,7-10,19,22H,5-6H2,1H3,(H,20,21)/b4-2+,18-12-. The summed E-state index contributed by atoms with van der Waals surface area (Å²) < 4.78 is 10.2. The summed E-state index contributed by atoms with van der Waals surface area (Å²) in [6.07, 6.45) is 4.10. The van der Waals surface area contributed by atoms with Gasteiger partial charge in [0.25, 0.3) is 0 Å². The number of aromatic hydroxyl groups is 1. The van der Waals surface area contributed by atoms with Crippen molar-refractivity contribution < 1.29 is 29.4 Å². The second-order valence-corrected chi connectivity index (χ2v) is 4.93. The summed E-state index contributed by atoms with van der Waals surface area (Å²) in [4.78, 5) is 10.7. The van der Waals surface area contributed by atoms with E-state index in [9.17, 15) is 9.90 Å². The van der Waals surface area contributed by atoms with Crippen molar-refractivity contribution in [2.45, 2.75) is 12.8 Å². The van der Waals surface area contributed by atoms with Gasteiger partial charge in [0.1, 0.15) is 5.76 Å². The first-order chi connectivity index (χ1) is 11.5. The van der Waals surface area contributed by atoms with Crippen molar-refractivity contribution in [1.29, 1.82) is 0 Å². The topological polar surface area (TPSA) is 112 Å². The lowest BCUT2D eigenvalue weighted by Crippen LogP contribution is -1.97. The van der Waals surface area contributed by atoms with Crippen LogP contribution >= 0.6 is 0 Å². The van der Waals surface area contributed by atoms with E-state index in [1.165, 1.54) is 19.2 Å². The van der Waals surface area contributed by atoms with Crippen molar-refractivity contribution in [3.8, 4) is 11.5 Å². The molecule has 0 atom stereocenters. The Morgan fingerprint density at radius 3 is 2.75 bits per heavy atom. The van der Waals surface area contributed by atoms with E-state index < -0.39 is 5.97 Å². The molecule has 0 radical (unpaired) electrons. The maximum Gasteiger partial charge on any atom is 0.371 e. The van der Waals surface area contributed by atoms with Crippen LogP contribution in [0.3, 0.4) is 0 Å². The Labute approximate surface area is 138 Å². The normalized spacial score (nSPS) is 11.8. The highest BCUT2D eigenvalue weighted by Gasteiger charge is 2.09. The number of phenols is 1. The average Bonchev–Trinajstić information content (AvgIpc) is 3.05. The summed E-state index contributed by atoms with van der Waals surface area (Å²) >= 11 is 0. The number of rotatable bonds is 7. The number of aryl methyl sites for hydroxylation is 1. The van der Waals surface area contributed by atoms with Gasteiger partial charge >= 0.3 is 5.97 Å². The number of carboxylic acids is 1. The van der Waals surface area contributed by atoms with E-state index in [4.69, 9.17) is 19.5 Å². The van der Waals surface area contributed by atoms with Crippen LogP contribution in [0.2, 0.25) is 0 Å². The summed E-state index contributed by atoms with van der Waals surface area (Å²) in [5.41, 5.74) is 1.16. The van der Waals surface area contributed by atoms with E-state index >= 15 is 0 Å². The van der Waals surface area contributed by atoms with Crippen LogP contribution in [-0.2, 0) is 6.42 Å². The summed E-state index contributed by atoms with van der Waals surface area (Å²) in [6, 6.07) is 7.80. The van der Waals surface area contributed by atoms with E-state index in [0.29, 0.717) is 30.1 Å². The fourth-order valence-electron chi connectivity index (χ4n) is 2.04. The molecule has 0 saturated carbocycles. The van der Waals surface area contributed by atoms with Crippen LogP contribution in [0.4, 0.5) is 0 Å². The van der Waals surface area contributed by atoms with E-state index in [-0.39, 0.29) is 11.5 Å². The molecule has 0 aliphatic carbocycles. The van der Waals surface area contributed by atoms with Gasteiger partial charge < -0.3 is 24.6 Å². The number of carboxylic acid groups (broad SMARTS) is 1. The van der Waals surface area contributed by atoms with Crippen LogP contribution in [0, 0.1) is 0 Å². The van der Waals surface area contributed by atoms with Crippen molar-refractivity contribution in [1.82, 2.24) is 0 Å². The van der Waals surface area contributed by atoms with Crippen molar-refractivity contribution in [2.24, 2.45) is 5.16 Å². The van der Waals surface area contributed by atoms with Gasteiger partial charge in [-0.3, -0.25) is 0 Å². The zero-order valence-electron chi connectivity index (χ0n) is 13.0. The van der Waals surface area contributed by atoms with Gasteiger partial charge in [0, 0.05) is 12.8 Å². The number of benzene rings is 1. The first kappa shape index (κ1) is 17.1. The molecule has 0 amide bonds. The summed E-state index contributed by atoms with van der Waals surface area (Å²) in [7, 11) is 1.46. The zero-order valence-corrected chi connectivity index (χ0v) is 13.0. The summed E-state index contributed by atoms with van der Waals surface area (Å²) in [5, 5.41) is 30.6. The molecule has 126 valence electrons. The number of hydrogen-bond acceptors (Lipinski definition) is 6. The molecule has 0 aliphatic rings. The Morgan fingerprint density at radius 2 is 2.12 bits per heavy atom. The number of furan rings is 1. The molecule has 7 heteroatoms. The lowest BCUT2D eigenvalue weighted by atomic mass is 10.1. The third-order valence-electron chi connectivity index (χ3n) is 3.30. The number of phenolic OH excluding ortho intramolecular Hbond substituents is 1. The maximum absolute atomic E-state index is 10.7. The first-order valence-electron chi connectivity index (χ1n) is 7.11. The second kappa shape index (κ2) is 7.87. The fourth-order valence-corrected chi connectivity index (χ4v) is 2.04. The molecule has 1 heterocycles. The summed E-state index contributed by atoms with van der Waals surface area (Å²) in [5.74, 6) is -0.375. The van der Waals surface area contributed by atoms with Crippen molar-refractivity contribution in [3.63, 3.8) is 0 Å². The molecule has 0 fully saturated rings. The third kappa shape index (κ3) is 4.39. The van der Waals surface area contributed by atoms with Crippen molar-refractivity contribution >= 4 is 17.8 Å². The number of hydrogen-bond donors (Lipinski definition) is 3. The SMILES string of the molecule is COc1cc(/C=C/C(CCc2ccc(C(=O)O)o2)=N/O)ccc1O. The first-order valence-corrected chi connectivity index (χ1v) is 7.11. The van der Waals surface area contributed by atoms with E-state index in [2.05, 4.69) is 5.16 Å². The van der Waals surface area contributed by atoms with Crippen molar-refractivity contribution in [2.75, 3.05) is 7.11 Å². The number of aromatic carboxylic acids is 1. The van der Waals surface area contributed by atoms with Crippen LogP contribution in [0.5, 0.6) is 11.5 Å². The molecule has 3 N–H and O–H groups in total. The Hall–Kier alpha value is -3.22. The number of methoxy groups -OCH3 is 1. The van der Waals surface area contributed by atoms with Gasteiger partial charge in [-0.25, -0.2) is 4.79 Å². The van der Waals surface area contributed by atoms with Crippen molar-refractivity contribution in [3.05, 3.63) is 53.5 Å². The van der Waals surface area contributed by atoms with Gasteiger partial charge in [-0.15, -0.1) is 0 Å². The van der Waals surface area contributed by atoms with E-state index in [1.807, 2.05) is 0 Å². The third-order valence-corrected chi connectivity index (χ3v) is 3.30. The smallest absolute Gasteiger partial charge is 0.371 e. The van der Waals surface area contributed by atoms with Gasteiger partial charge in [-0.2, -0.15) is 0 Å². The Morgan fingerprint density at radius 1 is 1.33 bits per heavy atom. The van der Waals surface area contributed by atoms with Gasteiger partial charge in [-0.1, -0.05) is 17.3 Å². The minimum Gasteiger partial charge on any atom is -0.504 e. The molecular weight excluding hydrogens is 314 g/mol. The molecule has 1 aromatic carbocycles. The van der Waals surface area contributed by atoms with Crippen LogP contribution in [0.25, 0.3) is 6.08 Å². The quantitative estimate of drug-likeness (QED) is 0.408. The molecule has 7 nitrogen and oxygen atoms in total. The van der Waals surface area contributed by atoms with Gasteiger partial charge in [0.2, 0.25) is 5.76 Å². The van der Waals surface area contributed by atoms with Gasteiger partial charge in [0.15, 0.2) is 11.5 Å². The number of carbonyl (C=O) groups is 1. The highest BCUT2D eigenvalue weighted by atomic mass is 16.5. The van der Waals surface area contributed by atoms with Crippen LogP contribution in [0.1, 0.15) is 28.3 Å². The predicted molar refractivity (Wildman–Crippen MR) is 86.9 cm³/mol. The number of allylic oxidation sites excluding steroid dienone is 1. The monoisotopic (exact) mass is 331 g/mol. The van der Waals surface area contributed by atoms with E-state index in [1.54, 1.807) is 30.4 Å². The fraction of sp³-hybridized carbons (Fsp3) is 0.176. The van der Waals surface area contributed by atoms with Crippen LogP contribution in [-0.4, -0.2) is 34.2 Å². The molecule has 0 saturated heterocycles. The largest absolute Gasteiger partial charge is 0.504 e. The molecule has 0 spiro atoms. The number of nitrogens with zero attached hydrogens (tertiary/aromatic N) is 1. The molecule has 1 aromatic heterocycles. The number of ether oxygens (including phenoxy) is 1. The lowest BCUT2D eigenvalue weighted by Gasteiger charge is -2.03. The molecule has 0 unspecified atom stereocenters. The molecule has 2 rings (SSSR count). The van der Waals surface area contributed by atoms with Crippen LogP contribution < -0.4 is 4.74 Å². The molecule has 2 aromatic rings. The minimum atomic E-state index is -1.13. The Kier molecular flexibility index (Phi) is 5.62. The highest BCUT2D eigenvalue weighted by Crippen LogP contribution is 2.26. The number of oxime groups is 1. The van der Waals surface area contributed by atoms with Gasteiger partial charge in [0.05, 0.1) is 12.8 Å². The Balaban J connectivity index is 2.00. The van der Waals surface area contributed by atoms with Crippen LogP contribution in [0.15, 0.2) is 46.0 Å².